The van der Waals surface area contributed by atoms with Crippen molar-refractivity contribution in [1.82, 2.24) is 25.1 Å². The van der Waals surface area contributed by atoms with Crippen LogP contribution in [0.2, 0.25) is 0 Å². The van der Waals surface area contributed by atoms with Gasteiger partial charge in [0.25, 0.3) is 0 Å². The number of aromatic amines is 1. The summed E-state index contributed by atoms with van der Waals surface area (Å²) in [4.78, 5) is 11.8. The lowest BCUT2D eigenvalue weighted by Gasteiger charge is -2.02. The molecule has 15 heavy (non-hydrogen) atoms. The van der Waals surface area contributed by atoms with Crippen LogP contribution in [0.25, 0.3) is 0 Å². The van der Waals surface area contributed by atoms with Gasteiger partial charge in [-0.2, -0.15) is 10.1 Å². The number of hydrogen-bond donors (Lipinski definition) is 2. The summed E-state index contributed by atoms with van der Waals surface area (Å²) in [6.45, 7) is 0. The van der Waals surface area contributed by atoms with Gasteiger partial charge in [0.15, 0.2) is 5.16 Å². The van der Waals surface area contributed by atoms with E-state index in [1.165, 1.54) is 25.2 Å². The Balaban J connectivity index is 2.24. The molecule has 2 heterocycles. The van der Waals surface area contributed by atoms with Gasteiger partial charge in [0, 0.05) is 6.07 Å². The van der Waals surface area contributed by atoms with Crippen molar-refractivity contribution in [2.75, 3.05) is 12.8 Å². The average molecular weight is 224 g/mol. The van der Waals surface area contributed by atoms with Gasteiger partial charge in [-0.15, -0.1) is 0 Å². The predicted molar refractivity (Wildman–Crippen MR) is 53.5 cm³/mol. The Bertz CT molecular complexity index is 445. The summed E-state index contributed by atoms with van der Waals surface area (Å²) in [6.07, 6.45) is 1.42. The van der Waals surface area contributed by atoms with E-state index in [-0.39, 0.29) is 5.95 Å². The van der Waals surface area contributed by atoms with Gasteiger partial charge in [0.1, 0.15) is 11.4 Å². The topological polar surface area (TPSA) is 103 Å². The maximum Gasteiger partial charge on any atom is 0.224 e. The fraction of sp³-hybridized carbons (Fsp3) is 0.143. The SMILES string of the molecule is COc1cc(Sc2ncn[nH]2)nc(N)n1. The van der Waals surface area contributed by atoms with Gasteiger partial charge < -0.3 is 10.5 Å². The molecule has 0 atom stereocenters. The largest absolute Gasteiger partial charge is 0.481 e. The fourth-order valence-corrected chi connectivity index (χ4v) is 1.62. The Morgan fingerprint density at radius 1 is 1.47 bits per heavy atom. The van der Waals surface area contributed by atoms with Crippen molar-refractivity contribution in [2.24, 2.45) is 0 Å². The Hall–Kier alpha value is -1.83. The van der Waals surface area contributed by atoms with Crippen LogP contribution >= 0.6 is 11.8 Å². The van der Waals surface area contributed by atoms with Crippen LogP contribution in [0.5, 0.6) is 5.88 Å². The third-order valence-electron chi connectivity index (χ3n) is 1.50. The number of rotatable bonds is 3. The highest BCUT2D eigenvalue weighted by Crippen LogP contribution is 2.24. The lowest BCUT2D eigenvalue weighted by atomic mass is 10.6. The zero-order valence-electron chi connectivity index (χ0n) is 7.84. The number of H-pyrrole nitrogens is 1. The monoisotopic (exact) mass is 224 g/mol. The van der Waals surface area contributed by atoms with Gasteiger partial charge in [0.05, 0.1) is 7.11 Å². The molecule has 0 spiro atoms. The van der Waals surface area contributed by atoms with Crippen molar-refractivity contribution >= 4 is 17.7 Å². The van der Waals surface area contributed by atoms with Crippen molar-refractivity contribution in [3.63, 3.8) is 0 Å². The first-order valence-corrected chi connectivity index (χ1v) is 4.81. The van der Waals surface area contributed by atoms with Crippen LogP contribution in [0, 0.1) is 0 Å². The zero-order valence-corrected chi connectivity index (χ0v) is 8.65. The Kier molecular flexibility index (Phi) is 2.68. The molecule has 0 saturated carbocycles. The number of aromatic nitrogens is 5. The summed E-state index contributed by atoms with van der Waals surface area (Å²) in [7, 11) is 1.52. The first kappa shape index (κ1) is 9.71. The number of methoxy groups -OCH3 is 1. The second-order valence-electron chi connectivity index (χ2n) is 2.50. The Morgan fingerprint density at radius 2 is 2.33 bits per heavy atom. The summed E-state index contributed by atoms with van der Waals surface area (Å²) >= 11 is 1.30. The molecular formula is C7H8N6OS. The third kappa shape index (κ3) is 2.34. The molecule has 78 valence electrons. The molecular weight excluding hydrogens is 216 g/mol. The van der Waals surface area contributed by atoms with Crippen LogP contribution in [0.1, 0.15) is 0 Å². The van der Waals surface area contributed by atoms with Crippen molar-refractivity contribution in [3.8, 4) is 5.88 Å². The van der Waals surface area contributed by atoms with Gasteiger partial charge in [-0.1, -0.05) is 0 Å². The number of ether oxygens (including phenoxy) is 1. The van der Waals surface area contributed by atoms with Crippen LogP contribution in [-0.2, 0) is 0 Å². The standard InChI is InChI=1S/C7H8N6OS/c1-14-4-2-5(12-6(8)11-4)15-7-9-3-10-13-7/h2-3H,1H3,(H2,8,11,12)(H,9,10,13). The van der Waals surface area contributed by atoms with Crippen LogP contribution in [-0.4, -0.2) is 32.3 Å². The molecule has 0 aliphatic heterocycles. The predicted octanol–water partition coefficient (Wildman–Crippen LogP) is 0.337. The van der Waals surface area contributed by atoms with Crippen LogP contribution in [0.15, 0.2) is 22.6 Å². The van der Waals surface area contributed by atoms with E-state index in [0.29, 0.717) is 16.1 Å². The van der Waals surface area contributed by atoms with Crippen LogP contribution < -0.4 is 10.5 Å². The molecule has 0 saturated heterocycles. The van der Waals surface area contributed by atoms with Gasteiger partial charge in [-0.05, 0) is 11.8 Å². The average Bonchev–Trinajstić information content (AvgIpc) is 2.69. The van der Waals surface area contributed by atoms with E-state index in [2.05, 4.69) is 25.1 Å². The highest BCUT2D eigenvalue weighted by Gasteiger charge is 2.05. The summed E-state index contributed by atoms with van der Waals surface area (Å²) in [6, 6.07) is 1.67. The molecule has 2 aromatic rings. The number of nitrogens with zero attached hydrogens (tertiary/aromatic N) is 4. The second kappa shape index (κ2) is 4.13. The lowest BCUT2D eigenvalue weighted by molar-refractivity contribution is 0.396. The summed E-state index contributed by atoms with van der Waals surface area (Å²) in [5, 5.41) is 7.71. The molecule has 0 bridgehead atoms. The quantitative estimate of drug-likeness (QED) is 0.724. The molecule has 0 fully saturated rings. The summed E-state index contributed by atoms with van der Waals surface area (Å²) in [5.41, 5.74) is 5.50. The van der Waals surface area contributed by atoms with E-state index >= 15 is 0 Å². The fourth-order valence-electron chi connectivity index (χ4n) is 0.920. The first-order valence-electron chi connectivity index (χ1n) is 3.99. The second-order valence-corrected chi connectivity index (χ2v) is 3.51. The lowest BCUT2D eigenvalue weighted by Crippen LogP contribution is -1.98. The van der Waals surface area contributed by atoms with E-state index in [1.54, 1.807) is 6.07 Å². The molecule has 0 radical (unpaired) electrons. The molecule has 2 rings (SSSR count). The number of anilines is 1. The van der Waals surface area contributed by atoms with Gasteiger partial charge in [-0.25, -0.2) is 9.97 Å². The van der Waals surface area contributed by atoms with Crippen LogP contribution in [0.4, 0.5) is 5.95 Å². The van der Waals surface area contributed by atoms with Crippen molar-refractivity contribution in [2.45, 2.75) is 10.2 Å². The maximum atomic E-state index is 5.50. The van der Waals surface area contributed by atoms with E-state index < -0.39 is 0 Å². The molecule has 8 heteroatoms. The van der Waals surface area contributed by atoms with Gasteiger partial charge in [0.2, 0.25) is 11.8 Å². The molecule has 0 aliphatic carbocycles. The number of nitrogen functional groups attached to an aromatic ring is 1. The molecule has 0 aromatic carbocycles. The Labute approximate surface area is 89.5 Å². The highest BCUT2D eigenvalue weighted by atomic mass is 32.2. The molecule has 0 amide bonds. The van der Waals surface area contributed by atoms with Crippen molar-refractivity contribution in [3.05, 3.63) is 12.4 Å². The summed E-state index contributed by atoms with van der Waals surface area (Å²) in [5.74, 6) is 0.584. The van der Waals surface area contributed by atoms with E-state index in [9.17, 15) is 0 Å². The molecule has 3 N–H and O–H groups in total. The minimum atomic E-state index is 0.163. The third-order valence-corrected chi connectivity index (χ3v) is 2.31. The van der Waals surface area contributed by atoms with Crippen molar-refractivity contribution < 1.29 is 4.74 Å². The van der Waals surface area contributed by atoms with Crippen molar-refractivity contribution in [1.29, 1.82) is 0 Å². The summed E-state index contributed by atoms with van der Waals surface area (Å²) < 4.78 is 4.96. The number of nitrogens with one attached hydrogen (secondary N) is 1. The smallest absolute Gasteiger partial charge is 0.224 e. The van der Waals surface area contributed by atoms with Gasteiger partial charge >= 0.3 is 0 Å². The molecule has 0 unspecified atom stereocenters. The minimum Gasteiger partial charge on any atom is -0.481 e. The minimum absolute atomic E-state index is 0.163. The normalized spacial score (nSPS) is 10.2. The molecule has 2 aromatic heterocycles. The number of hydrogen-bond acceptors (Lipinski definition) is 7. The first-order chi connectivity index (χ1) is 7.28. The highest BCUT2D eigenvalue weighted by molar-refractivity contribution is 7.99. The van der Waals surface area contributed by atoms with E-state index in [4.69, 9.17) is 10.5 Å². The molecule has 7 nitrogen and oxygen atoms in total. The van der Waals surface area contributed by atoms with E-state index in [1.807, 2.05) is 0 Å². The van der Waals surface area contributed by atoms with Crippen LogP contribution in [0.3, 0.4) is 0 Å². The maximum absolute atomic E-state index is 5.50. The molecule has 0 aliphatic rings. The Morgan fingerprint density at radius 3 is 3.00 bits per heavy atom. The van der Waals surface area contributed by atoms with Gasteiger partial charge in [-0.3, -0.25) is 5.10 Å². The van der Waals surface area contributed by atoms with E-state index in [0.717, 1.165) is 0 Å². The number of nitrogens with two attached hydrogens (primary N) is 1. The zero-order chi connectivity index (χ0) is 10.7.